The minimum Gasteiger partial charge on any atom is -0.452 e. The van der Waals surface area contributed by atoms with Crippen LogP contribution in [0.25, 0.3) is 0 Å². The van der Waals surface area contributed by atoms with Crippen LogP contribution in [-0.4, -0.2) is 23.5 Å². The number of hydrogen-bond acceptors (Lipinski definition) is 4. The van der Waals surface area contributed by atoms with Crippen LogP contribution in [0.5, 0.6) is 0 Å². The van der Waals surface area contributed by atoms with Crippen LogP contribution >= 0.6 is 15.9 Å². The fraction of sp³-hybridized carbons (Fsp3) is 0.278. The molecule has 0 aliphatic carbocycles. The van der Waals surface area contributed by atoms with Crippen LogP contribution in [0.1, 0.15) is 40.9 Å². The first-order chi connectivity index (χ1) is 11.5. The third kappa shape index (κ3) is 5.16. The molecule has 2 aromatic rings. The number of halogens is 1. The Bertz CT molecular complexity index is 716. The molecule has 24 heavy (non-hydrogen) atoms. The minimum atomic E-state index is -0.581. The fourth-order valence-electron chi connectivity index (χ4n) is 2.19. The molecule has 0 spiro atoms. The smallest absolute Gasteiger partial charge is 0.340 e. The van der Waals surface area contributed by atoms with E-state index in [1.807, 2.05) is 38.1 Å². The molecule has 1 atom stereocenters. The van der Waals surface area contributed by atoms with E-state index in [1.165, 1.54) is 6.20 Å². The van der Waals surface area contributed by atoms with Crippen LogP contribution in [0.3, 0.4) is 0 Å². The molecule has 0 bridgehead atoms. The number of rotatable bonds is 6. The number of esters is 1. The first kappa shape index (κ1) is 18.1. The molecule has 1 N–H and O–H groups in total. The highest BCUT2D eigenvalue weighted by Gasteiger charge is 2.15. The van der Waals surface area contributed by atoms with E-state index >= 15 is 0 Å². The van der Waals surface area contributed by atoms with Crippen molar-refractivity contribution < 1.29 is 14.3 Å². The summed E-state index contributed by atoms with van der Waals surface area (Å²) in [7, 11) is 0. The maximum Gasteiger partial charge on any atom is 0.340 e. The average molecular weight is 391 g/mol. The van der Waals surface area contributed by atoms with Crippen LogP contribution in [0.15, 0.2) is 47.2 Å². The van der Waals surface area contributed by atoms with Gasteiger partial charge in [-0.1, -0.05) is 36.8 Å². The summed E-state index contributed by atoms with van der Waals surface area (Å²) in [6, 6.07) is 9.47. The zero-order valence-electron chi connectivity index (χ0n) is 13.6. The molecule has 0 aliphatic heterocycles. The largest absolute Gasteiger partial charge is 0.452 e. The quantitative estimate of drug-likeness (QED) is 0.765. The van der Waals surface area contributed by atoms with Gasteiger partial charge in [0, 0.05) is 16.9 Å². The van der Waals surface area contributed by atoms with Crippen molar-refractivity contribution in [1.29, 1.82) is 0 Å². The molecule has 1 aromatic heterocycles. The van der Waals surface area contributed by atoms with Crippen LogP contribution in [0.2, 0.25) is 0 Å². The fourth-order valence-corrected chi connectivity index (χ4v) is 2.56. The van der Waals surface area contributed by atoms with Crippen molar-refractivity contribution in [2.45, 2.75) is 26.3 Å². The Kier molecular flexibility index (Phi) is 6.49. The first-order valence-electron chi connectivity index (χ1n) is 7.63. The van der Waals surface area contributed by atoms with Gasteiger partial charge < -0.3 is 10.1 Å². The van der Waals surface area contributed by atoms with E-state index in [9.17, 15) is 9.59 Å². The van der Waals surface area contributed by atoms with Gasteiger partial charge in [0.2, 0.25) is 0 Å². The van der Waals surface area contributed by atoms with Crippen molar-refractivity contribution in [1.82, 2.24) is 10.3 Å². The zero-order chi connectivity index (χ0) is 17.5. The van der Waals surface area contributed by atoms with Crippen LogP contribution in [0.4, 0.5) is 0 Å². The van der Waals surface area contributed by atoms with E-state index in [0.29, 0.717) is 10.0 Å². The van der Waals surface area contributed by atoms with Crippen LogP contribution in [0, 0.1) is 6.92 Å². The molecular formula is C18H19BrN2O3. The van der Waals surface area contributed by atoms with Gasteiger partial charge in [-0.15, -0.1) is 0 Å². The normalized spacial score (nSPS) is 11.6. The lowest BCUT2D eigenvalue weighted by molar-refractivity contribution is -0.125. The van der Waals surface area contributed by atoms with E-state index in [0.717, 1.165) is 17.5 Å². The Balaban J connectivity index is 1.89. The number of nitrogens with zero attached hydrogens (tertiary/aromatic N) is 1. The summed E-state index contributed by atoms with van der Waals surface area (Å²) >= 11 is 3.23. The van der Waals surface area contributed by atoms with Crippen molar-refractivity contribution in [2.24, 2.45) is 0 Å². The van der Waals surface area contributed by atoms with E-state index in [1.54, 1.807) is 12.3 Å². The van der Waals surface area contributed by atoms with Crippen molar-refractivity contribution in [3.05, 3.63) is 63.9 Å². The highest BCUT2D eigenvalue weighted by atomic mass is 79.9. The number of benzene rings is 1. The number of hydrogen-bond donors (Lipinski definition) is 1. The molecule has 0 unspecified atom stereocenters. The summed E-state index contributed by atoms with van der Waals surface area (Å²) in [6.07, 6.45) is 3.71. The molecule has 6 heteroatoms. The van der Waals surface area contributed by atoms with Crippen molar-refractivity contribution >= 4 is 27.8 Å². The number of carbonyl (C=O) groups excluding carboxylic acids is 2. The molecular weight excluding hydrogens is 372 g/mol. The summed E-state index contributed by atoms with van der Waals surface area (Å²) in [5.74, 6) is -0.916. The highest BCUT2D eigenvalue weighted by Crippen LogP contribution is 2.17. The Labute approximate surface area is 149 Å². The van der Waals surface area contributed by atoms with Gasteiger partial charge in [-0.3, -0.25) is 9.78 Å². The number of aryl methyl sites for hydroxylation is 1. The molecule has 1 heterocycles. The third-order valence-electron chi connectivity index (χ3n) is 3.50. The van der Waals surface area contributed by atoms with Gasteiger partial charge in [-0.2, -0.15) is 0 Å². The number of nitrogens with one attached hydrogen (secondary N) is 1. The Morgan fingerprint density at radius 2 is 1.96 bits per heavy atom. The molecule has 0 fully saturated rings. The Morgan fingerprint density at radius 1 is 1.25 bits per heavy atom. The maximum atomic E-state index is 12.0. The van der Waals surface area contributed by atoms with E-state index in [-0.39, 0.29) is 18.6 Å². The first-order valence-corrected chi connectivity index (χ1v) is 8.42. The summed E-state index contributed by atoms with van der Waals surface area (Å²) in [5.41, 5.74) is 2.48. The molecule has 2 rings (SSSR count). The second kappa shape index (κ2) is 8.59. The summed E-state index contributed by atoms with van der Waals surface area (Å²) in [4.78, 5) is 27.8. The summed E-state index contributed by atoms with van der Waals surface area (Å²) < 4.78 is 5.71. The molecule has 1 aromatic carbocycles. The molecule has 1 amide bonds. The predicted octanol–water partition coefficient (Wildman–Crippen LogP) is 3.58. The van der Waals surface area contributed by atoms with E-state index < -0.39 is 5.97 Å². The zero-order valence-corrected chi connectivity index (χ0v) is 15.2. The predicted molar refractivity (Wildman–Crippen MR) is 94.6 cm³/mol. The number of amides is 1. The van der Waals surface area contributed by atoms with Gasteiger partial charge in [0.25, 0.3) is 5.91 Å². The lowest BCUT2D eigenvalue weighted by Crippen LogP contribution is -2.32. The van der Waals surface area contributed by atoms with Gasteiger partial charge in [-0.25, -0.2) is 4.79 Å². The van der Waals surface area contributed by atoms with E-state index in [4.69, 9.17) is 4.74 Å². The molecule has 0 saturated carbocycles. The maximum absolute atomic E-state index is 12.0. The third-order valence-corrected chi connectivity index (χ3v) is 3.93. The van der Waals surface area contributed by atoms with Gasteiger partial charge in [-0.05, 0) is 40.9 Å². The molecule has 0 radical (unpaired) electrons. The highest BCUT2D eigenvalue weighted by molar-refractivity contribution is 9.10. The van der Waals surface area contributed by atoms with Gasteiger partial charge in [0.05, 0.1) is 11.6 Å². The van der Waals surface area contributed by atoms with Crippen molar-refractivity contribution in [2.75, 3.05) is 6.61 Å². The van der Waals surface area contributed by atoms with Gasteiger partial charge >= 0.3 is 5.97 Å². The number of aromatic nitrogens is 1. The topological polar surface area (TPSA) is 68.3 Å². The molecule has 126 valence electrons. The SMILES string of the molecule is CC[C@H](NC(=O)COC(=O)c1cncc(Br)c1)c1ccc(C)cc1. The second-order valence-corrected chi connectivity index (χ2v) is 6.32. The van der Waals surface area contributed by atoms with E-state index in [2.05, 4.69) is 26.2 Å². The lowest BCUT2D eigenvalue weighted by atomic mass is 10.0. The Hall–Kier alpha value is -2.21. The molecule has 0 saturated heterocycles. The van der Waals surface area contributed by atoms with Gasteiger partial charge in [0.1, 0.15) is 0 Å². The van der Waals surface area contributed by atoms with Crippen molar-refractivity contribution in [3.63, 3.8) is 0 Å². The Morgan fingerprint density at radius 3 is 2.58 bits per heavy atom. The minimum absolute atomic E-state index is 0.107. The number of carbonyl (C=O) groups is 2. The van der Waals surface area contributed by atoms with Gasteiger partial charge in [0.15, 0.2) is 6.61 Å². The molecule has 0 aliphatic rings. The second-order valence-electron chi connectivity index (χ2n) is 5.41. The summed E-state index contributed by atoms with van der Waals surface area (Å²) in [6.45, 7) is 3.68. The monoisotopic (exact) mass is 390 g/mol. The van der Waals surface area contributed by atoms with Crippen molar-refractivity contribution in [3.8, 4) is 0 Å². The number of ether oxygens (including phenoxy) is 1. The average Bonchev–Trinajstić information content (AvgIpc) is 2.58. The molecule has 5 nitrogen and oxygen atoms in total. The standard InChI is InChI=1S/C18H19BrN2O3/c1-3-16(13-6-4-12(2)5-7-13)21-17(22)11-24-18(23)14-8-15(19)10-20-9-14/h4-10,16H,3,11H2,1-2H3,(H,21,22)/t16-/m0/s1. The lowest BCUT2D eigenvalue weighted by Gasteiger charge is -2.17. The summed E-state index contributed by atoms with van der Waals surface area (Å²) in [5, 5.41) is 2.88. The van der Waals surface area contributed by atoms with Crippen LogP contribution < -0.4 is 5.32 Å². The van der Waals surface area contributed by atoms with Crippen LogP contribution in [-0.2, 0) is 9.53 Å². The number of pyridine rings is 1.